The van der Waals surface area contributed by atoms with Crippen molar-refractivity contribution < 1.29 is 4.39 Å². The minimum Gasteiger partial charge on any atom is -0.244 e. The molecule has 5 heteroatoms. The first-order valence-corrected chi connectivity index (χ1v) is 6.62. The molecule has 2 heterocycles. The largest absolute Gasteiger partial charge is 0.244 e. The molecule has 0 N–H and O–H groups in total. The van der Waals surface area contributed by atoms with E-state index in [0.717, 1.165) is 10.6 Å². The Hall–Kier alpha value is -2.14. The van der Waals surface area contributed by atoms with E-state index in [1.165, 1.54) is 17.4 Å². The van der Waals surface area contributed by atoms with Gasteiger partial charge in [0.25, 0.3) is 0 Å². The molecule has 0 spiro atoms. The van der Waals surface area contributed by atoms with Crippen molar-refractivity contribution in [2.45, 2.75) is 6.92 Å². The van der Waals surface area contributed by atoms with Crippen molar-refractivity contribution in [2.24, 2.45) is 0 Å². The van der Waals surface area contributed by atoms with Gasteiger partial charge in [0.2, 0.25) is 0 Å². The van der Waals surface area contributed by atoms with Crippen LogP contribution in [0.5, 0.6) is 0 Å². The van der Waals surface area contributed by atoms with E-state index in [0.29, 0.717) is 17.1 Å². The van der Waals surface area contributed by atoms with Crippen molar-refractivity contribution in [3.63, 3.8) is 0 Å². The van der Waals surface area contributed by atoms with E-state index in [1.54, 1.807) is 29.9 Å². The average Bonchev–Trinajstić information content (AvgIpc) is 2.88. The molecule has 1 aromatic carbocycles. The number of benzene rings is 1. The van der Waals surface area contributed by atoms with Gasteiger partial charge in [-0.1, -0.05) is 12.1 Å². The van der Waals surface area contributed by atoms with Gasteiger partial charge in [0.05, 0.1) is 21.8 Å². The van der Waals surface area contributed by atoms with Crippen molar-refractivity contribution in [3.8, 4) is 21.8 Å². The summed E-state index contributed by atoms with van der Waals surface area (Å²) in [4.78, 5) is 13.6. The maximum Gasteiger partial charge on any atom is 0.132 e. The monoisotopic (exact) mass is 271 g/mol. The summed E-state index contributed by atoms with van der Waals surface area (Å²) in [5.74, 6) is 0.408. The molecule has 94 valence electrons. The van der Waals surface area contributed by atoms with Crippen LogP contribution in [0.15, 0.2) is 42.0 Å². The summed E-state index contributed by atoms with van der Waals surface area (Å²) in [6, 6.07) is 8.43. The number of thiazole rings is 1. The van der Waals surface area contributed by atoms with Crippen LogP contribution in [-0.4, -0.2) is 15.0 Å². The predicted molar refractivity (Wildman–Crippen MR) is 73.3 cm³/mol. The molecule has 0 atom stereocenters. The van der Waals surface area contributed by atoms with Gasteiger partial charge in [-0.05, 0) is 25.1 Å². The first-order chi connectivity index (χ1) is 9.25. The second-order valence-electron chi connectivity index (χ2n) is 4.00. The molecule has 19 heavy (non-hydrogen) atoms. The van der Waals surface area contributed by atoms with Crippen molar-refractivity contribution in [1.82, 2.24) is 15.0 Å². The standard InChI is InChI=1S/C14H10FN3S/c1-9-16-7-6-12(18-9)14-13(17-8-19-14)10-4-2-3-5-11(10)15/h2-8H,1H3. The third-order valence-corrected chi connectivity index (χ3v) is 3.55. The molecule has 0 aliphatic heterocycles. The Morgan fingerprint density at radius 1 is 1.11 bits per heavy atom. The third kappa shape index (κ3) is 2.24. The first kappa shape index (κ1) is 11.9. The number of halogens is 1. The van der Waals surface area contributed by atoms with Crippen LogP contribution >= 0.6 is 11.3 Å². The number of hydrogen-bond donors (Lipinski definition) is 0. The number of rotatable bonds is 2. The average molecular weight is 271 g/mol. The number of nitrogens with zero attached hydrogens (tertiary/aromatic N) is 3. The molecule has 0 amide bonds. The summed E-state index contributed by atoms with van der Waals surface area (Å²) in [6.45, 7) is 1.83. The highest BCUT2D eigenvalue weighted by Crippen LogP contribution is 2.34. The zero-order valence-corrected chi connectivity index (χ0v) is 11.0. The lowest BCUT2D eigenvalue weighted by Gasteiger charge is -2.03. The Labute approximate surface area is 113 Å². The van der Waals surface area contributed by atoms with Gasteiger partial charge in [-0.25, -0.2) is 19.3 Å². The van der Waals surface area contributed by atoms with Crippen molar-refractivity contribution >= 4 is 11.3 Å². The molecule has 0 aliphatic rings. The molecule has 0 aliphatic carbocycles. The molecule has 0 saturated carbocycles. The van der Waals surface area contributed by atoms with E-state index in [4.69, 9.17) is 0 Å². The molecular formula is C14H10FN3S. The maximum absolute atomic E-state index is 13.9. The second-order valence-corrected chi connectivity index (χ2v) is 4.85. The van der Waals surface area contributed by atoms with Crippen LogP contribution in [0.2, 0.25) is 0 Å². The quantitative estimate of drug-likeness (QED) is 0.713. The van der Waals surface area contributed by atoms with Crippen LogP contribution in [-0.2, 0) is 0 Å². The molecule has 0 radical (unpaired) electrons. The van der Waals surface area contributed by atoms with Crippen molar-refractivity contribution in [2.75, 3.05) is 0 Å². The van der Waals surface area contributed by atoms with Gasteiger partial charge in [-0.15, -0.1) is 11.3 Å². The van der Waals surface area contributed by atoms with Gasteiger partial charge >= 0.3 is 0 Å². The summed E-state index contributed by atoms with van der Waals surface area (Å²) in [5.41, 5.74) is 3.60. The van der Waals surface area contributed by atoms with Crippen molar-refractivity contribution in [1.29, 1.82) is 0 Å². The van der Waals surface area contributed by atoms with Crippen LogP contribution < -0.4 is 0 Å². The van der Waals surface area contributed by atoms with Gasteiger partial charge < -0.3 is 0 Å². The number of aryl methyl sites for hydroxylation is 1. The van der Waals surface area contributed by atoms with E-state index < -0.39 is 0 Å². The molecule has 2 aromatic heterocycles. The lowest BCUT2D eigenvalue weighted by Crippen LogP contribution is -1.91. The van der Waals surface area contributed by atoms with E-state index in [2.05, 4.69) is 15.0 Å². The normalized spacial score (nSPS) is 10.6. The molecule has 0 fully saturated rings. The third-order valence-electron chi connectivity index (χ3n) is 2.71. The van der Waals surface area contributed by atoms with E-state index >= 15 is 0 Å². The van der Waals surface area contributed by atoms with Crippen LogP contribution in [0.3, 0.4) is 0 Å². The Morgan fingerprint density at radius 3 is 2.74 bits per heavy atom. The highest BCUT2D eigenvalue weighted by Gasteiger charge is 2.15. The molecule has 3 aromatic rings. The molecule has 0 unspecified atom stereocenters. The highest BCUT2D eigenvalue weighted by molar-refractivity contribution is 7.13. The fourth-order valence-electron chi connectivity index (χ4n) is 1.86. The molecule has 3 rings (SSSR count). The van der Waals surface area contributed by atoms with Gasteiger partial charge in [-0.3, -0.25) is 0 Å². The van der Waals surface area contributed by atoms with Gasteiger partial charge in [0.15, 0.2) is 0 Å². The number of aromatic nitrogens is 3. The Bertz CT molecular complexity index is 724. The van der Waals surface area contributed by atoms with Gasteiger partial charge in [0, 0.05) is 11.8 Å². The smallest absolute Gasteiger partial charge is 0.132 e. The number of hydrogen-bond acceptors (Lipinski definition) is 4. The SMILES string of the molecule is Cc1nccc(-c2scnc2-c2ccccc2F)n1. The van der Waals surface area contributed by atoms with Gasteiger partial charge in [-0.2, -0.15) is 0 Å². The van der Waals surface area contributed by atoms with E-state index in [-0.39, 0.29) is 5.82 Å². The Kier molecular flexibility index (Phi) is 3.05. The zero-order chi connectivity index (χ0) is 13.2. The lowest BCUT2D eigenvalue weighted by atomic mass is 10.1. The summed E-state index contributed by atoms with van der Waals surface area (Å²) >= 11 is 1.45. The Morgan fingerprint density at radius 2 is 1.95 bits per heavy atom. The molecular weight excluding hydrogens is 261 g/mol. The fraction of sp³-hybridized carbons (Fsp3) is 0.0714. The lowest BCUT2D eigenvalue weighted by molar-refractivity contribution is 0.631. The predicted octanol–water partition coefficient (Wildman–Crippen LogP) is 3.71. The molecule has 0 bridgehead atoms. The first-order valence-electron chi connectivity index (χ1n) is 5.74. The van der Waals surface area contributed by atoms with Crippen LogP contribution in [0, 0.1) is 12.7 Å². The topological polar surface area (TPSA) is 38.7 Å². The van der Waals surface area contributed by atoms with E-state index in [1.807, 2.05) is 13.0 Å². The zero-order valence-electron chi connectivity index (χ0n) is 10.2. The Balaban J connectivity index is 2.16. The molecule has 0 saturated heterocycles. The summed E-state index contributed by atoms with van der Waals surface area (Å²) in [6.07, 6.45) is 1.70. The van der Waals surface area contributed by atoms with Crippen molar-refractivity contribution in [3.05, 3.63) is 53.7 Å². The molecule has 3 nitrogen and oxygen atoms in total. The minimum absolute atomic E-state index is 0.277. The summed E-state index contributed by atoms with van der Waals surface area (Å²) in [7, 11) is 0. The minimum atomic E-state index is -0.277. The summed E-state index contributed by atoms with van der Waals surface area (Å²) < 4.78 is 13.9. The maximum atomic E-state index is 13.9. The highest BCUT2D eigenvalue weighted by atomic mass is 32.1. The van der Waals surface area contributed by atoms with Crippen LogP contribution in [0.4, 0.5) is 4.39 Å². The summed E-state index contributed by atoms with van der Waals surface area (Å²) in [5, 5.41) is 0. The fourth-order valence-corrected chi connectivity index (χ4v) is 2.63. The van der Waals surface area contributed by atoms with E-state index in [9.17, 15) is 4.39 Å². The van der Waals surface area contributed by atoms with Crippen LogP contribution in [0.1, 0.15) is 5.82 Å². The second kappa shape index (κ2) is 4.85. The van der Waals surface area contributed by atoms with Crippen LogP contribution in [0.25, 0.3) is 21.8 Å². The van der Waals surface area contributed by atoms with Gasteiger partial charge in [0.1, 0.15) is 11.6 Å².